The summed E-state index contributed by atoms with van der Waals surface area (Å²) >= 11 is 0. The van der Waals surface area contributed by atoms with E-state index in [2.05, 4.69) is 20.6 Å². The number of fused-ring (bicyclic) bond motifs is 1. The van der Waals surface area contributed by atoms with E-state index < -0.39 is 17.7 Å². The highest BCUT2D eigenvalue weighted by Crippen LogP contribution is 2.21. The average Bonchev–Trinajstić information content (AvgIpc) is 3.14. The molecule has 8 heteroatoms. The van der Waals surface area contributed by atoms with Crippen molar-refractivity contribution in [2.75, 3.05) is 10.6 Å². The molecule has 2 aromatic heterocycles. The summed E-state index contributed by atoms with van der Waals surface area (Å²) in [5.74, 6) is -2.30. The van der Waals surface area contributed by atoms with Gasteiger partial charge in [0, 0.05) is 46.3 Å². The highest BCUT2D eigenvalue weighted by molar-refractivity contribution is 6.16. The SMILES string of the molecule is O=C(Nc1cccc(C(=O)c2c[nH]c3ncccc23)c1)Nc1ccc(F)c(F)c1. The molecule has 0 unspecified atom stereocenters. The summed E-state index contributed by atoms with van der Waals surface area (Å²) in [6.45, 7) is 0. The first-order valence-electron chi connectivity index (χ1n) is 8.61. The number of H-pyrrole nitrogens is 1. The molecule has 4 rings (SSSR count). The van der Waals surface area contributed by atoms with Crippen LogP contribution < -0.4 is 10.6 Å². The van der Waals surface area contributed by atoms with Gasteiger partial charge >= 0.3 is 6.03 Å². The standard InChI is InChI=1S/C21H14F2N4O2/c22-17-7-6-14(10-18(17)23)27-21(29)26-13-4-1-3-12(9-13)19(28)16-11-25-20-15(16)5-2-8-24-20/h1-11H,(H,24,25)(H2,26,27,29). The van der Waals surface area contributed by atoms with Crippen LogP contribution >= 0.6 is 0 Å². The van der Waals surface area contributed by atoms with Crippen molar-refractivity contribution >= 4 is 34.2 Å². The number of carbonyl (C=O) groups is 2. The fourth-order valence-electron chi connectivity index (χ4n) is 2.90. The Balaban J connectivity index is 1.51. The van der Waals surface area contributed by atoms with Crippen LogP contribution in [-0.4, -0.2) is 21.8 Å². The summed E-state index contributed by atoms with van der Waals surface area (Å²) in [7, 11) is 0. The van der Waals surface area contributed by atoms with Gasteiger partial charge in [-0.3, -0.25) is 4.79 Å². The van der Waals surface area contributed by atoms with Gasteiger partial charge in [0.25, 0.3) is 0 Å². The molecule has 29 heavy (non-hydrogen) atoms. The minimum absolute atomic E-state index is 0.0972. The van der Waals surface area contributed by atoms with E-state index in [0.29, 0.717) is 27.8 Å². The van der Waals surface area contributed by atoms with Gasteiger partial charge in [-0.2, -0.15) is 0 Å². The van der Waals surface area contributed by atoms with Crippen LogP contribution in [0.2, 0.25) is 0 Å². The number of nitrogens with zero attached hydrogens (tertiary/aromatic N) is 1. The monoisotopic (exact) mass is 392 g/mol. The zero-order valence-corrected chi connectivity index (χ0v) is 14.9. The number of rotatable bonds is 4. The van der Waals surface area contributed by atoms with Crippen LogP contribution in [-0.2, 0) is 0 Å². The predicted molar refractivity (Wildman–Crippen MR) is 105 cm³/mol. The number of urea groups is 1. The number of halogens is 2. The molecule has 0 bridgehead atoms. The van der Waals surface area contributed by atoms with Gasteiger partial charge in [-0.05, 0) is 36.4 Å². The lowest BCUT2D eigenvalue weighted by molar-refractivity contribution is 0.104. The van der Waals surface area contributed by atoms with Crippen LogP contribution in [0, 0.1) is 11.6 Å². The minimum Gasteiger partial charge on any atom is -0.345 e. The van der Waals surface area contributed by atoms with Crippen molar-refractivity contribution in [2.24, 2.45) is 0 Å². The Kier molecular flexibility index (Phi) is 4.74. The summed E-state index contributed by atoms with van der Waals surface area (Å²) in [6.07, 6.45) is 3.22. The molecule has 3 N–H and O–H groups in total. The molecular formula is C21H14F2N4O2. The molecule has 0 saturated heterocycles. The van der Waals surface area contributed by atoms with Crippen LogP contribution in [0.25, 0.3) is 11.0 Å². The number of aromatic amines is 1. The maximum absolute atomic E-state index is 13.3. The third-order valence-electron chi connectivity index (χ3n) is 4.26. The predicted octanol–water partition coefficient (Wildman–Crippen LogP) is 4.72. The van der Waals surface area contributed by atoms with Crippen molar-refractivity contribution in [2.45, 2.75) is 0 Å². The fourth-order valence-corrected chi connectivity index (χ4v) is 2.90. The van der Waals surface area contributed by atoms with Crippen LogP contribution in [0.5, 0.6) is 0 Å². The van der Waals surface area contributed by atoms with Crippen molar-refractivity contribution in [3.05, 3.63) is 89.8 Å². The number of aromatic nitrogens is 2. The van der Waals surface area contributed by atoms with E-state index in [1.165, 1.54) is 12.1 Å². The molecule has 0 fully saturated rings. The fraction of sp³-hybridized carbons (Fsp3) is 0. The van der Waals surface area contributed by atoms with Crippen LogP contribution in [0.4, 0.5) is 25.0 Å². The highest BCUT2D eigenvalue weighted by atomic mass is 19.2. The first-order valence-corrected chi connectivity index (χ1v) is 8.61. The smallest absolute Gasteiger partial charge is 0.323 e. The van der Waals surface area contributed by atoms with E-state index in [0.717, 1.165) is 12.1 Å². The molecule has 0 aliphatic rings. The Morgan fingerprint density at radius 2 is 1.69 bits per heavy atom. The lowest BCUT2D eigenvalue weighted by atomic mass is 10.0. The summed E-state index contributed by atoms with van der Waals surface area (Å²) in [5.41, 5.74) is 1.92. The van der Waals surface area contributed by atoms with E-state index in [4.69, 9.17) is 0 Å². The lowest BCUT2D eigenvalue weighted by Gasteiger charge is -2.09. The van der Waals surface area contributed by atoms with E-state index in [-0.39, 0.29) is 11.5 Å². The van der Waals surface area contributed by atoms with Crippen molar-refractivity contribution < 1.29 is 18.4 Å². The molecular weight excluding hydrogens is 378 g/mol. The average molecular weight is 392 g/mol. The third-order valence-corrected chi connectivity index (χ3v) is 4.26. The molecule has 0 spiro atoms. The second kappa shape index (κ2) is 7.51. The van der Waals surface area contributed by atoms with Crippen LogP contribution in [0.15, 0.2) is 67.0 Å². The number of amides is 2. The summed E-state index contributed by atoms with van der Waals surface area (Å²) in [5, 5.41) is 5.67. The van der Waals surface area contributed by atoms with E-state index in [1.54, 1.807) is 42.7 Å². The minimum atomic E-state index is -1.07. The van der Waals surface area contributed by atoms with E-state index in [1.807, 2.05) is 0 Å². The van der Waals surface area contributed by atoms with Crippen LogP contribution in [0.1, 0.15) is 15.9 Å². The van der Waals surface area contributed by atoms with Gasteiger partial charge in [0.05, 0.1) is 0 Å². The zero-order chi connectivity index (χ0) is 20.4. The van der Waals surface area contributed by atoms with Gasteiger partial charge < -0.3 is 15.6 Å². The van der Waals surface area contributed by atoms with Crippen LogP contribution in [0.3, 0.4) is 0 Å². The van der Waals surface area contributed by atoms with Crippen molar-refractivity contribution in [3.8, 4) is 0 Å². The Labute approximate surface area is 163 Å². The molecule has 144 valence electrons. The number of hydrogen-bond acceptors (Lipinski definition) is 3. The maximum atomic E-state index is 13.3. The second-order valence-electron chi connectivity index (χ2n) is 6.22. The lowest BCUT2D eigenvalue weighted by Crippen LogP contribution is -2.19. The molecule has 2 heterocycles. The van der Waals surface area contributed by atoms with Crippen molar-refractivity contribution in [1.82, 2.24) is 9.97 Å². The molecule has 6 nitrogen and oxygen atoms in total. The number of carbonyl (C=O) groups excluding carboxylic acids is 2. The largest absolute Gasteiger partial charge is 0.345 e. The second-order valence-corrected chi connectivity index (χ2v) is 6.22. The van der Waals surface area contributed by atoms with Gasteiger partial charge in [0.2, 0.25) is 0 Å². The normalized spacial score (nSPS) is 10.7. The molecule has 4 aromatic rings. The van der Waals surface area contributed by atoms with E-state index in [9.17, 15) is 18.4 Å². The number of benzene rings is 2. The van der Waals surface area contributed by atoms with E-state index >= 15 is 0 Å². The van der Waals surface area contributed by atoms with Gasteiger partial charge in [-0.1, -0.05) is 12.1 Å². The Morgan fingerprint density at radius 3 is 2.48 bits per heavy atom. The summed E-state index contributed by atoms with van der Waals surface area (Å²) in [6, 6.07) is 12.3. The van der Waals surface area contributed by atoms with Gasteiger partial charge in [0.15, 0.2) is 17.4 Å². The quantitative estimate of drug-likeness (QED) is 0.439. The molecule has 2 amide bonds. The van der Waals surface area contributed by atoms with Gasteiger partial charge in [-0.25, -0.2) is 18.6 Å². The maximum Gasteiger partial charge on any atom is 0.323 e. The first-order chi connectivity index (χ1) is 14.0. The molecule has 0 radical (unpaired) electrons. The van der Waals surface area contributed by atoms with Gasteiger partial charge in [-0.15, -0.1) is 0 Å². The number of hydrogen-bond donors (Lipinski definition) is 3. The topological polar surface area (TPSA) is 86.9 Å². The Bertz CT molecular complexity index is 1240. The molecule has 0 aliphatic heterocycles. The molecule has 0 aliphatic carbocycles. The number of pyridine rings is 1. The number of nitrogens with one attached hydrogen (secondary N) is 3. The van der Waals surface area contributed by atoms with Gasteiger partial charge in [0.1, 0.15) is 5.65 Å². The summed E-state index contributed by atoms with van der Waals surface area (Å²) in [4.78, 5) is 32.1. The van der Waals surface area contributed by atoms with Crippen molar-refractivity contribution in [3.63, 3.8) is 0 Å². The third kappa shape index (κ3) is 3.81. The molecule has 0 saturated carbocycles. The Morgan fingerprint density at radius 1 is 0.897 bits per heavy atom. The first kappa shape index (κ1) is 18.3. The number of anilines is 2. The molecule has 2 aromatic carbocycles. The zero-order valence-electron chi connectivity index (χ0n) is 14.9. The Hall–Kier alpha value is -4.07. The summed E-state index contributed by atoms with van der Waals surface area (Å²) < 4.78 is 26.2. The highest BCUT2D eigenvalue weighted by Gasteiger charge is 2.15. The number of ketones is 1. The van der Waals surface area contributed by atoms with Crippen molar-refractivity contribution in [1.29, 1.82) is 0 Å². The molecule has 0 atom stereocenters.